The van der Waals surface area contributed by atoms with Crippen molar-refractivity contribution in [3.8, 4) is 11.4 Å². The summed E-state index contributed by atoms with van der Waals surface area (Å²) < 4.78 is 36.1. The van der Waals surface area contributed by atoms with Gasteiger partial charge in [-0.2, -0.15) is 0 Å². The second-order valence-electron chi connectivity index (χ2n) is 7.87. The number of imidazole rings is 1. The molecule has 0 atom stereocenters. The van der Waals surface area contributed by atoms with E-state index >= 15 is 0 Å². The molecule has 9 heteroatoms. The zero-order valence-electron chi connectivity index (χ0n) is 17.8. The first-order valence-corrected chi connectivity index (χ1v) is 10.5. The minimum absolute atomic E-state index is 0.167. The molecule has 0 N–H and O–H groups in total. The quantitative estimate of drug-likeness (QED) is 0.468. The largest absolute Gasteiger partial charge is 0.491 e. The van der Waals surface area contributed by atoms with Crippen LogP contribution >= 0.6 is 0 Å². The van der Waals surface area contributed by atoms with Crippen LogP contribution in [0.2, 0.25) is 0 Å². The second kappa shape index (κ2) is 8.16. The summed E-state index contributed by atoms with van der Waals surface area (Å²) in [7, 11) is 0. The van der Waals surface area contributed by atoms with Gasteiger partial charge in [0.15, 0.2) is 11.6 Å². The van der Waals surface area contributed by atoms with Crippen LogP contribution in [0.4, 0.5) is 8.78 Å². The molecule has 0 bridgehead atoms. The normalized spacial score (nSPS) is 13.4. The predicted molar refractivity (Wildman–Crippen MR) is 118 cm³/mol. The van der Waals surface area contributed by atoms with Gasteiger partial charge in [0.1, 0.15) is 23.7 Å². The van der Waals surface area contributed by atoms with E-state index in [0.29, 0.717) is 41.0 Å². The van der Waals surface area contributed by atoms with Gasteiger partial charge in [-0.25, -0.2) is 13.8 Å². The first-order valence-electron chi connectivity index (χ1n) is 10.5. The number of pyridine rings is 1. The summed E-state index contributed by atoms with van der Waals surface area (Å²) in [6, 6.07) is 10.5. The highest BCUT2D eigenvalue weighted by molar-refractivity contribution is 5.93. The smallest absolute Gasteiger partial charge is 0.275 e. The van der Waals surface area contributed by atoms with Gasteiger partial charge in [0.2, 0.25) is 0 Å². The lowest BCUT2D eigenvalue weighted by Crippen LogP contribution is -2.46. The predicted octanol–water partition coefficient (Wildman–Crippen LogP) is 3.31. The minimum Gasteiger partial charge on any atom is -0.491 e. The molecule has 1 aliphatic heterocycles. The van der Waals surface area contributed by atoms with Crippen molar-refractivity contribution < 1.29 is 18.3 Å². The average molecular weight is 450 g/mol. The third-order valence-corrected chi connectivity index (χ3v) is 5.74. The number of aryl methyl sites for hydroxylation is 1. The van der Waals surface area contributed by atoms with Crippen LogP contribution in [0.1, 0.15) is 16.2 Å². The highest BCUT2D eigenvalue weighted by Gasteiger charge is 2.26. The molecule has 0 spiro atoms. The van der Waals surface area contributed by atoms with Crippen LogP contribution in [-0.2, 0) is 6.54 Å². The molecule has 7 nitrogen and oxygen atoms in total. The summed E-state index contributed by atoms with van der Waals surface area (Å²) in [5.41, 5.74) is 1.29. The molecule has 168 valence electrons. The van der Waals surface area contributed by atoms with E-state index in [9.17, 15) is 18.4 Å². The first kappa shape index (κ1) is 20.9. The fraction of sp³-hybridized carbons (Fsp3) is 0.208. The highest BCUT2D eigenvalue weighted by atomic mass is 19.2. The standard InChI is InChI=1S/C24H20F2N4O3/c1-15-13-29(14-27-15)20-5-6-21-23(31)28(7-8-30(21)24(20)32)9-10-33-22-4-2-3-16-11-18(25)19(26)12-17(16)22/h2-6,11-14H,7-10H2,1H3. The van der Waals surface area contributed by atoms with Gasteiger partial charge in [-0.05, 0) is 42.6 Å². The van der Waals surface area contributed by atoms with Crippen molar-refractivity contribution in [2.24, 2.45) is 0 Å². The molecular weight excluding hydrogens is 430 g/mol. The fourth-order valence-electron chi connectivity index (χ4n) is 4.06. The van der Waals surface area contributed by atoms with Crippen molar-refractivity contribution in [3.05, 3.63) is 88.4 Å². The Balaban J connectivity index is 1.31. The summed E-state index contributed by atoms with van der Waals surface area (Å²) in [6.45, 7) is 3.01. The molecule has 0 saturated heterocycles. The van der Waals surface area contributed by atoms with Crippen molar-refractivity contribution in [1.29, 1.82) is 0 Å². The SMILES string of the molecule is Cc1cn(-c2ccc3n(c2=O)CCN(CCOc2cccc4cc(F)c(F)cc24)C3=O)cn1. The van der Waals surface area contributed by atoms with Crippen molar-refractivity contribution in [1.82, 2.24) is 19.0 Å². The lowest BCUT2D eigenvalue weighted by atomic mass is 10.1. The third kappa shape index (κ3) is 3.75. The number of fused-ring (bicyclic) bond motifs is 2. The third-order valence-electron chi connectivity index (χ3n) is 5.74. The van der Waals surface area contributed by atoms with Crippen molar-refractivity contribution in [2.45, 2.75) is 13.5 Å². The van der Waals surface area contributed by atoms with Crippen molar-refractivity contribution in [3.63, 3.8) is 0 Å². The number of carbonyl (C=O) groups excluding carboxylic acids is 1. The van der Waals surface area contributed by atoms with Crippen LogP contribution in [0.25, 0.3) is 16.5 Å². The van der Waals surface area contributed by atoms with Gasteiger partial charge in [0, 0.05) is 24.7 Å². The number of nitrogens with zero attached hydrogens (tertiary/aromatic N) is 4. The van der Waals surface area contributed by atoms with E-state index in [1.165, 1.54) is 4.57 Å². The molecule has 4 aromatic rings. The zero-order chi connectivity index (χ0) is 23.1. The summed E-state index contributed by atoms with van der Waals surface area (Å²) in [4.78, 5) is 31.6. The molecule has 0 radical (unpaired) electrons. The number of hydrogen-bond donors (Lipinski definition) is 0. The van der Waals surface area contributed by atoms with Gasteiger partial charge in [-0.1, -0.05) is 12.1 Å². The first-order chi connectivity index (χ1) is 15.9. The van der Waals surface area contributed by atoms with Gasteiger partial charge in [0.25, 0.3) is 11.5 Å². The van der Waals surface area contributed by atoms with Crippen LogP contribution < -0.4 is 10.3 Å². The number of ether oxygens (including phenoxy) is 1. The van der Waals surface area contributed by atoms with Gasteiger partial charge < -0.3 is 18.8 Å². The van der Waals surface area contributed by atoms with Crippen molar-refractivity contribution >= 4 is 16.7 Å². The number of benzene rings is 2. The molecule has 3 heterocycles. The number of aromatic nitrogens is 3. The Morgan fingerprint density at radius 1 is 1.06 bits per heavy atom. The number of halogens is 2. The molecule has 0 fully saturated rings. The molecule has 2 aromatic carbocycles. The maximum absolute atomic E-state index is 13.7. The molecule has 1 aliphatic rings. The molecule has 0 aliphatic carbocycles. The summed E-state index contributed by atoms with van der Waals surface area (Å²) in [5, 5.41) is 0.984. The minimum atomic E-state index is -0.947. The number of carbonyl (C=O) groups is 1. The number of hydrogen-bond acceptors (Lipinski definition) is 4. The summed E-state index contributed by atoms with van der Waals surface area (Å²) in [5.74, 6) is -1.72. The van der Waals surface area contributed by atoms with Gasteiger partial charge in [-0.15, -0.1) is 0 Å². The second-order valence-corrected chi connectivity index (χ2v) is 7.87. The van der Waals surface area contributed by atoms with Gasteiger partial charge in [-0.3, -0.25) is 9.59 Å². The molecule has 1 amide bonds. The molecule has 0 unspecified atom stereocenters. The van der Waals surface area contributed by atoms with E-state index in [-0.39, 0.29) is 24.6 Å². The maximum atomic E-state index is 13.7. The van der Waals surface area contributed by atoms with E-state index in [0.717, 1.165) is 17.8 Å². The fourth-order valence-corrected chi connectivity index (χ4v) is 4.06. The molecular formula is C24H20F2N4O3. The van der Waals surface area contributed by atoms with E-state index < -0.39 is 11.6 Å². The lowest BCUT2D eigenvalue weighted by molar-refractivity contribution is 0.0673. The van der Waals surface area contributed by atoms with E-state index in [4.69, 9.17) is 4.74 Å². The van der Waals surface area contributed by atoms with E-state index in [2.05, 4.69) is 4.98 Å². The average Bonchev–Trinajstić information content (AvgIpc) is 3.23. The Hall–Kier alpha value is -4.01. The van der Waals surface area contributed by atoms with Crippen LogP contribution in [0.5, 0.6) is 5.75 Å². The Labute approximate surface area is 187 Å². The number of amides is 1. The lowest BCUT2D eigenvalue weighted by Gasteiger charge is -2.29. The Morgan fingerprint density at radius 3 is 2.67 bits per heavy atom. The zero-order valence-corrected chi connectivity index (χ0v) is 17.8. The summed E-state index contributed by atoms with van der Waals surface area (Å²) in [6.07, 6.45) is 3.33. The van der Waals surface area contributed by atoms with Crippen LogP contribution in [-0.4, -0.2) is 44.6 Å². The van der Waals surface area contributed by atoms with Crippen LogP contribution in [0, 0.1) is 18.6 Å². The van der Waals surface area contributed by atoms with Crippen LogP contribution in [0.3, 0.4) is 0 Å². The summed E-state index contributed by atoms with van der Waals surface area (Å²) >= 11 is 0. The topological polar surface area (TPSA) is 69.4 Å². The molecule has 0 saturated carbocycles. The maximum Gasteiger partial charge on any atom is 0.275 e. The van der Waals surface area contributed by atoms with Gasteiger partial charge in [0.05, 0.1) is 18.6 Å². The Bertz CT molecular complexity index is 1440. The highest BCUT2D eigenvalue weighted by Crippen LogP contribution is 2.27. The monoisotopic (exact) mass is 450 g/mol. The Morgan fingerprint density at radius 2 is 1.88 bits per heavy atom. The van der Waals surface area contributed by atoms with E-state index in [1.807, 2.05) is 6.92 Å². The van der Waals surface area contributed by atoms with Gasteiger partial charge >= 0.3 is 0 Å². The van der Waals surface area contributed by atoms with Crippen LogP contribution in [0.15, 0.2) is 59.8 Å². The molecule has 5 rings (SSSR count). The number of rotatable bonds is 5. The molecule has 33 heavy (non-hydrogen) atoms. The molecule has 2 aromatic heterocycles. The van der Waals surface area contributed by atoms with Crippen molar-refractivity contribution in [2.75, 3.05) is 19.7 Å². The van der Waals surface area contributed by atoms with E-state index in [1.54, 1.807) is 52.3 Å². The Kier molecular flexibility index (Phi) is 5.16.